The minimum atomic E-state index is 0.333. The molecular weight excluding hydrogens is 424 g/mol. The summed E-state index contributed by atoms with van der Waals surface area (Å²) < 4.78 is 0. The quantitative estimate of drug-likeness (QED) is 0.331. The van der Waals surface area contributed by atoms with Crippen LogP contribution < -0.4 is 10.2 Å². The number of aromatic amines is 2. The Labute approximate surface area is 197 Å². The van der Waals surface area contributed by atoms with Crippen LogP contribution in [0, 0.1) is 0 Å². The van der Waals surface area contributed by atoms with E-state index in [1.165, 1.54) is 19.3 Å². The van der Waals surface area contributed by atoms with Crippen molar-refractivity contribution < 1.29 is 0 Å². The first-order chi connectivity index (χ1) is 16.7. The van der Waals surface area contributed by atoms with Crippen LogP contribution in [0.1, 0.15) is 33.1 Å². The first-order valence-corrected chi connectivity index (χ1v) is 12.0. The fourth-order valence-electron chi connectivity index (χ4n) is 4.76. The Balaban J connectivity index is 1.41. The van der Waals surface area contributed by atoms with E-state index in [0.29, 0.717) is 6.04 Å². The lowest BCUT2D eigenvalue weighted by atomic mass is 10.1. The first kappa shape index (κ1) is 20.7. The molecule has 0 spiro atoms. The monoisotopic (exact) mass is 452 g/mol. The van der Waals surface area contributed by atoms with Gasteiger partial charge in [-0.25, -0.2) is 9.97 Å². The number of piperidine rings is 1. The van der Waals surface area contributed by atoms with Gasteiger partial charge in [0.05, 0.1) is 28.1 Å². The van der Waals surface area contributed by atoms with Crippen LogP contribution >= 0.6 is 0 Å². The number of nitrogens with one attached hydrogen (secondary N) is 3. The van der Waals surface area contributed by atoms with Crippen LogP contribution in [0.25, 0.3) is 44.6 Å². The Morgan fingerprint density at radius 3 is 2.74 bits per heavy atom. The number of H-pyrrole nitrogens is 2. The van der Waals surface area contributed by atoms with Crippen molar-refractivity contribution in [3.8, 4) is 22.6 Å². The normalized spacial score (nSPS) is 14.4. The van der Waals surface area contributed by atoms with E-state index in [9.17, 15) is 0 Å². The molecule has 1 aliphatic rings. The molecule has 8 heteroatoms. The Morgan fingerprint density at radius 2 is 1.88 bits per heavy atom. The third-order valence-corrected chi connectivity index (χ3v) is 6.33. The lowest BCUT2D eigenvalue weighted by molar-refractivity contribution is 0.575. The minimum Gasteiger partial charge on any atom is -0.382 e. The number of hydrogen-bond donors (Lipinski definition) is 3. The molecule has 0 unspecified atom stereocenters. The zero-order valence-corrected chi connectivity index (χ0v) is 19.5. The second-order valence-corrected chi connectivity index (χ2v) is 9.25. The van der Waals surface area contributed by atoms with Gasteiger partial charge in [0.2, 0.25) is 0 Å². The zero-order chi connectivity index (χ0) is 23.1. The van der Waals surface area contributed by atoms with Gasteiger partial charge in [0.25, 0.3) is 0 Å². The SMILES string of the molecule is CC(C)Nc1cncc(-c2ccc3[nH]nc(-c4cc5c(N6CCCCC6)nccc5[nH]4)c3n2)c1. The Bertz CT molecular complexity index is 1460. The molecule has 1 aliphatic heterocycles. The summed E-state index contributed by atoms with van der Waals surface area (Å²) in [5.74, 6) is 1.05. The largest absolute Gasteiger partial charge is 0.382 e. The molecule has 5 aromatic rings. The summed E-state index contributed by atoms with van der Waals surface area (Å²) in [6.07, 6.45) is 9.30. The first-order valence-electron chi connectivity index (χ1n) is 12.0. The Morgan fingerprint density at radius 1 is 1.00 bits per heavy atom. The van der Waals surface area contributed by atoms with Crippen LogP contribution in [0.2, 0.25) is 0 Å². The van der Waals surface area contributed by atoms with E-state index >= 15 is 0 Å². The van der Waals surface area contributed by atoms with E-state index in [0.717, 1.165) is 69.2 Å². The van der Waals surface area contributed by atoms with E-state index < -0.39 is 0 Å². The summed E-state index contributed by atoms with van der Waals surface area (Å²) in [6.45, 7) is 6.34. The van der Waals surface area contributed by atoms with Crippen LogP contribution in [0.5, 0.6) is 0 Å². The second-order valence-electron chi connectivity index (χ2n) is 9.25. The number of rotatable bonds is 5. The van der Waals surface area contributed by atoms with Crippen molar-refractivity contribution in [3.05, 3.63) is 48.9 Å². The van der Waals surface area contributed by atoms with Gasteiger partial charge in [-0.1, -0.05) is 0 Å². The van der Waals surface area contributed by atoms with E-state index in [-0.39, 0.29) is 0 Å². The predicted octanol–water partition coefficient (Wildman–Crippen LogP) is 5.37. The average molecular weight is 453 g/mol. The number of nitrogens with zero attached hydrogens (tertiary/aromatic N) is 5. The maximum atomic E-state index is 4.98. The standard InChI is InChI=1S/C26H28N8/c1-16(2)29-18-12-17(14-27-15-18)20-6-7-22-24(31-20)25(33-32-22)23-13-19-21(30-23)8-9-28-26(19)34-10-4-3-5-11-34/h6-9,12-16,29-30H,3-5,10-11H2,1-2H3,(H,32,33). The molecule has 34 heavy (non-hydrogen) atoms. The average Bonchev–Trinajstić information content (AvgIpc) is 3.48. The van der Waals surface area contributed by atoms with Gasteiger partial charge in [-0.2, -0.15) is 5.10 Å². The van der Waals surface area contributed by atoms with E-state index in [1.807, 2.05) is 36.8 Å². The number of aromatic nitrogens is 6. The lowest BCUT2D eigenvalue weighted by Crippen LogP contribution is -2.30. The van der Waals surface area contributed by atoms with E-state index in [4.69, 9.17) is 9.97 Å². The highest BCUT2D eigenvalue weighted by Crippen LogP contribution is 2.33. The lowest BCUT2D eigenvalue weighted by Gasteiger charge is -2.28. The summed E-state index contributed by atoms with van der Waals surface area (Å²) in [4.78, 5) is 20.0. The molecule has 0 saturated carbocycles. The van der Waals surface area contributed by atoms with Crippen molar-refractivity contribution in [2.24, 2.45) is 0 Å². The molecule has 8 nitrogen and oxygen atoms in total. The molecular formula is C26H28N8. The topological polar surface area (TPSA) is 98.4 Å². The van der Waals surface area contributed by atoms with Crippen LogP contribution in [0.4, 0.5) is 11.5 Å². The summed E-state index contributed by atoms with van der Waals surface area (Å²) in [5, 5.41) is 12.3. The molecule has 0 aliphatic carbocycles. The number of anilines is 2. The van der Waals surface area contributed by atoms with Gasteiger partial charge < -0.3 is 15.2 Å². The fourth-order valence-corrected chi connectivity index (χ4v) is 4.76. The van der Waals surface area contributed by atoms with Crippen LogP contribution in [0.3, 0.4) is 0 Å². The van der Waals surface area contributed by atoms with Gasteiger partial charge >= 0.3 is 0 Å². The third-order valence-electron chi connectivity index (χ3n) is 6.33. The number of fused-ring (bicyclic) bond motifs is 2. The summed E-state index contributed by atoms with van der Waals surface area (Å²) in [5.41, 5.74) is 7.35. The Kier molecular flexibility index (Phi) is 5.13. The van der Waals surface area contributed by atoms with Crippen molar-refractivity contribution >= 4 is 33.4 Å². The number of hydrogen-bond acceptors (Lipinski definition) is 6. The maximum absolute atomic E-state index is 4.98. The van der Waals surface area contributed by atoms with E-state index in [1.54, 1.807) is 0 Å². The molecule has 0 aromatic carbocycles. The summed E-state index contributed by atoms with van der Waals surface area (Å²) >= 11 is 0. The van der Waals surface area contributed by atoms with Crippen molar-refractivity contribution in [1.82, 2.24) is 30.1 Å². The van der Waals surface area contributed by atoms with Crippen LogP contribution in [-0.2, 0) is 0 Å². The molecule has 6 rings (SSSR count). The highest BCUT2D eigenvalue weighted by molar-refractivity contribution is 5.98. The second kappa shape index (κ2) is 8.44. The molecule has 1 saturated heterocycles. The predicted molar refractivity (Wildman–Crippen MR) is 137 cm³/mol. The molecule has 1 fully saturated rings. The molecule has 5 aromatic heterocycles. The molecule has 0 radical (unpaired) electrons. The summed E-state index contributed by atoms with van der Waals surface area (Å²) in [7, 11) is 0. The fraction of sp³-hybridized carbons (Fsp3) is 0.308. The van der Waals surface area contributed by atoms with Gasteiger partial charge in [-0.3, -0.25) is 10.1 Å². The van der Waals surface area contributed by atoms with Crippen LogP contribution in [0.15, 0.2) is 48.9 Å². The summed E-state index contributed by atoms with van der Waals surface area (Å²) in [6, 6.07) is 10.6. The molecule has 0 atom stereocenters. The molecule has 6 heterocycles. The molecule has 0 amide bonds. The van der Waals surface area contributed by atoms with Crippen molar-refractivity contribution in [3.63, 3.8) is 0 Å². The molecule has 172 valence electrons. The smallest absolute Gasteiger partial charge is 0.137 e. The van der Waals surface area contributed by atoms with Gasteiger partial charge in [0, 0.05) is 48.7 Å². The van der Waals surface area contributed by atoms with Crippen molar-refractivity contribution in [2.45, 2.75) is 39.2 Å². The number of pyridine rings is 3. The Hall–Kier alpha value is -3.94. The van der Waals surface area contributed by atoms with Crippen molar-refractivity contribution in [2.75, 3.05) is 23.3 Å². The van der Waals surface area contributed by atoms with Gasteiger partial charge in [-0.05, 0) is 63.4 Å². The van der Waals surface area contributed by atoms with Gasteiger partial charge in [0.1, 0.15) is 17.0 Å². The zero-order valence-electron chi connectivity index (χ0n) is 19.5. The van der Waals surface area contributed by atoms with Gasteiger partial charge in [0.15, 0.2) is 0 Å². The highest BCUT2D eigenvalue weighted by Gasteiger charge is 2.19. The third kappa shape index (κ3) is 3.75. The molecule has 3 N–H and O–H groups in total. The minimum absolute atomic E-state index is 0.333. The van der Waals surface area contributed by atoms with Crippen LogP contribution in [-0.4, -0.2) is 49.3 Å². The van der Waals surface area contributed by atoms with Gasteiger partial charge in [-0.15, -0.1) is 0 Å². The van der Waals surface area contributed by atoms with Crippen molar-refractivity contribution in [1.29, 1.82) is 0 Å². The molecule has 0 bridgehead atoms. The maximum Gasteiger partial charge on any atom is 0.137 e. The van der Waals surface area contributed by atoms with E-state index in [2.05, 4.69) is 56.4 Å². The highest BCUT2D eigenvalue weighted by atomic mass is 15.2.